The normalized spacial score (nSPS) is 10.6. The summed E-state index contributed by atoms with van der Waals surface area (Å²) in [6.07, 6.45) is 2.81. The summed E-state index contributed by atoms with van der Waals surface area (Å²) in [5.74, 6) is -1.08. The zero-order valence-corrected chi connectivity index (χ0v) is 11.6. The van der Waals surface area contributed by atoms with E-state index in [4.69, 9.17) is 10.2 Å². The van der Waals surface area contributed by atoms with Gasteiger partial charge in [0.2, 0.25) is 0 Å². The average molecular weight is 284 g/mol. The number of carbonyl (C=O) groups excluding carboxylic acids is 1. The fourth-order valence-electron chi connectivity index (χ4n) is 1.69. The first kappa shape index (κ1) is 16.0. The monoisotopic (exact) mass is 284 g/mol. The first-order valence-corrected chi connectivity index (χ1v) is 6.36. The number of nitrogens with zero attached hydrogens (tertiary/aromatic N) is 3. The highest BCUT2D eigenvalue weighted by molar-refractivity contribution is 5.84. The molecule has 0 spiro atoms. The van der Waals surface area contributed by atoms with E-state index in [1.165, 1.54) is 17.4 Å². The number of aliphatic hydroxyl groups is 1. The van der Waals surface area contributed by atoms with Gasteiger partial charge in [-0.25, -0.2) is 14.6 Å². The number of carbonyl (C=O) groups is 2. The van der Waals surface area contributed by atoms with Crippen molar-refractivity contribution in [2.24, 2.45) is 0 Å². The third-order valence-electron chi connectivity index (χ3n) is 2.72. The van der Waals surface area contributed by atoms with E-state index in [2.05, 4.69) is 10.3 Å². The van der Waals surface area contributed by atoms with Crippen molar-refractivity contribution in [1.82, 2.24) is 19.8 Å². The molecule has 0 saturated carbocycles. The predicted octanol–water partition coefficient (Wildman–Crippen LogP) is -0.00640. The minimum Gasteiger partial charge on any atom is -0.476 e. The van der Waals surface area contributed by atoms with Gasteiger partial charge in [-0.05, 0) is 13.8 Å². The Balaban J connectivity index is 2.42. The Morgan fingerprint density at radius 1 is 1.50 bits per heavy atom. The molecule has 20 heavy (non-hydrogen) atoms. The second kappa shape index (κ2) is 7.49. The summed E-state index contributed by atoms with van der Waals surface area (Å²) in [7, 11) is 0. The van der Waals surface area contributed by atoms with Gasteiger partial charge in [-0.15, -0.1) is 0 Å². The fourth-order valence-corrected chi connectivity index (χ4v) is 1.69. The van der Waals surface area contributed by atoms with Crippen molar-refractivity contribution in [3.8, 4) is 0 Å². The van der Waals surface area contributed by atoms with Crippen molar-refractivity contribution < 1.29 is 19.8 Å². The highest BCUT2D eigenvalue weighted by Crippen LogP contribution is 1.98. The van der Waals surface area contributed by atoms with Crippen LogP contribution < -0.4 is 5.32 Å². The molecule has 8 nitrogen and oxygen atoms in total. The third-order valence-corrected chi connectivity index (χ3v) is 2.72. The summed E-state index contributed by atoms with van der Waals surface area (Å²) in [5.41, 5.74) is -0.0274. The Morgan fingerprint density at radius 2 is 2.20 bits per heavy atom. The molecule has 0 radical (unpaired) electrons. The number of nitrogens with one attached hydrogen (secondary N) is 1. The lowest BCUT2D eigenvalue weighted by molar-refractivity contribution is 0.0691. The van der Waals surface area contributed by atoms with Crippen LogP contribution in [0.3, 0.4) is 0 Å². The Labute approximate surface area is 117 Å². The Bertz CT molecular complexity index is 458. The molecular formula is C12H20N4O4. The van der Waals surface area contributed by atoms with E-state index in [0.29, 0.717) is 13.1 Å². The Morgan fingerprint density at radius 3 is 2.70 bits per heavy atom. The molecule has 1 aromatic rings. The van der Waals surface area contributed by atoms with E-state index in [1.54, 1.807) is 4.57 Å². The molecule has 8 heteroatoms. The van der Waals surface area contributed by atoms with Crippen LogP contribution in [0.1, 0.15) is 24.3 Å². The maximum atomic E-state index is 11.9. The molecule has 0 saturated heterocycles. The van der Waals surface area contributed by atoms with Gasteiger partial charge in [0.1, 0.15) is 0 Å². The van der Waals surface area contributed by atoms with Crippen molar-refractivity contribution in [3.63, 3.8) is 0 Å². The molecular weight excluding hydrogens is 264 g/mol. The lowest BCUT2D eigenvalue weighted by Gasteiger charge is -2.26. The molecule has 0 bridgehead atoms. The number of imidazole rings is 1. The zero-order valence-electron chi connectivity index (χ0n) is 11.6. The van der Waals surface area contributed by atoms with Crippen LogP contribution in [0.25, 0.3) is 0 Å². The van der Waals surface area contributed by atoms with E-state index in [-0.39, 0.29) is 30.9 Å². The highest BCUT2D eigenvalue weighted by atomic mass is 16.4. The van der Waals surface area contributed by atoms with Crippen molar-refractivity contribution in [2.45, 2.75) is 26.4 Å². The van der Waals surface area contributed by atoms with Gasteiger partial charge in [0.05, 0.1) is 12.9 Å². The van der Waals surface area contributed by atoms with Gasteiger partial charge in [0.15, 0.2) is 5.69 Å². The number of hydrogen-bond acceptors (Lipinski definition) is 4. The molecule has 1 heterocycles. The van der Waals surface area contributed by atoms with E-state index in [0.717, 1.165) is 0 Å². The van der Waals surface area contributed by atoms with E-state index < -0.39 is 5.97 Å². The number of aromatic nitrogens is 2. The average Bonchev–Trinajstić information content (AvgIpc) is 2.84. The van der Waals surface area contributed by atoms with Gasteiger partial charge in [0.25, 0.3) is 0 Å². The maximum Gasteiger partial charge on any atom is 0.356 e. The smallest absolute Gasteiger partial charge is 0.356 e. The number of aliphatic hydroxyl groups excluding tert-OH is 1. The Hall–Kier alpha value is -2.09. The second-order valence-corrected chi connectivity index (χ2v) is 4.54. The summed E-state index contributed by atoms with van der Waals surface area (Å²) >= 11 is 0. The van der Waals surface area contributed by atoms with E-state index in [1.807, 2.05) is 13.8 Å². The minimum absolute atomic E-state index is 0.00555. The lowest BCUT2D eigenvalue weighted by atomic mass is 10.3. The van der Waals surface area contributed by atoms with Gasteiger partial charge in [0, 0.05) is 31.9 Å². The molecule has 3 N–H and O–H groups in total. The van der Waals surface area contributed by atoms with Crippen molar-refractivity contribution >= 4 is 12.0 Å². The quantitative estimate of drug-likeness (QED) is 0.653. The third kappa shape index (κ3) is 4.54. The second-order valence-electron chi connectivity index (χ2n) is 4.54. The van der Waals surface area contributed by atoms with Crippen molar-refractivity contribution in [1.29, 1.82) is 0 Å². The number of rotatable bonds is 7. The fraction of sp³-hybridized carbons (Fsp3) is 0.583. The zero-order chi connectivity index (χ0) is 15.1. The molecule has 0 unspecified atom stereocenters. The Kier molecular flexibility index (Phi) is 5.98. The standard InChI is InChI=1S/C12H20N4O4/c1-9(2)16(5-6-17)12(20)13-3-4-15-7-10(11(18)19)14-8-15/h7-9,17H,3-6H2,1-2H3,(H,13,20)(H,18,19). The largest absolute Gasteiger partial charge is 0.476 e. The van der Waals surface area contributed by atoms with Gasteiger partial charge < -0.3 is 25.0 Å². The van der Waals surface area contributed by atoms with Crippen LogP contribution >= 0.6 is 0 Å². The van der Waals surface area contributed by atoms with Crippen LogP contribution in [0.4, 0.5) is 4.79 Å². The molecule has 112 valence electrons. The SMILES string of the molecule is CC(C)N(CCO)C(=O)NCCn1cnc(C(=O)O)c1. The summed E-state index contributed by atoms with van der Waals surface area (Å²) in [6, 6.07) is -0.262. The van der Waals surface area contributed by atoms with Crippen LogP contribution in [-0.4, -0.2) is 62.4 Å². The number of aromatic carboxylic acids is 1. The maximum absolute atomic E-state index is 11.9. The van der Waals surface area contributed by atoms with Crippen LogP contribution in [0, 0.1) is 0 Å². The molecule has 0 atom stereocenters. The molecule has 1 rings (SSSR count). The van der Waals surface area contributed by atoms with Gasteiger partial charge in [-0.2, -0.15) is 0 Å². The molecule has 1 aromatic heterocycles. The minimum atomic E-state index is -1.08. The summed E-state index contributed by atoms with van der Waals surface area (Å²) in [4.78, 5) is 27.8. The highest BCUT2D eigenvalue weighted by Gasteiger charge is 2.15. The predicted molar refractivity (Wildman–Crippen MR) is 71.5 cm³/mol. The molecule has 0 aliphatic carbocycles. The number of amides is 2. The van der Waals surface area contributed by atoms with Gasteiger partial charge in [-0.3, -0.25) is 0 Å². The lowest BCUT2D eigenvalue weighted by Crippen LogP contribution is -2.46. The number of carboxylic acids is 1. The molecule has 0 aromatic carbocycles. The van der Waals surface area contributed by atoms with Crippen molar-refractivity contribution in [3.05, 3.63) is 18.2 Å². The first-order chi connectivity index (χ1) is 9.45. The molecule has 0 aliphatic heterocycles. The molecule has 2 amide bonds. The molecule has 0 aliphatic rings. The first-order valence-electron chi connectivity index (χ1n) is 6.36. The number of carboxylic acid groups (broad SMARTS) is 1. The topological polar surface area (TPSA) is 108 Å². The summed E-state index contributed by atoms with van der Waals surface area (Å²) < 4.78 is 1.59. The van der Waals surface area contributed by atoms with E-state index >= 15 is 0 Å². The van der Waals surface area contributed by atoms with Crippen LogP contribution in [0.15, 0.2) is 12.5 Å². The number of hydrogen-bond donors (Lipinski definition) is 3. The van der Waals surface area contributed by atoms with Gasteiger partial charge >= 0.3 is 12.0 Å². The number of urea groups is 1. The summed E-state index contributed by atoms with van der Waals surface area (Å²) in [5, 5.41) is 20.3. The van der Waals surface area contributed by atoms with Crippen LogP contribution in [-0.2, 0) is 6.54 Å². The van der Waals surface area contributed by atoms with Crippen LogP contribution in [0.2, 0.25) is 0 Å². The van der Waals surface area contributed by atoms with Gasteiger partial charge in [-0.1, -0.05) is 0 Å². The summed E-state index contributed by atoms with van der Waals surface area (Å²) in [6.45, 7) is 4.70. The molecule has 0 fully saturated rings. The van der Waals surface area contributed by atoms with Crippen LogP contribution in [0.5, 0.6) is 0 Å². The van der Waals surface area contributed by atoms with Crippen molar-refractivity contribution in [2.75, 3.05) is 19.7 Å². The van der Waals surface area contributed by atoms with E-state index in [9.17, 15) is 9.59 Å².